The van der Waals surface area contributed by atoms with Crippen molar-refractivity contribution in [2.75, 3.05) is 20.6 Å². The van der Waals surface area contributed by atoms with Crippen LogP contribution in [0.4, 0.5) is 0 Å². The number of hydrogen-bond acceptors (Lipinski definition) is 3. The van der Waals surface area contributed by atoms with Gasteiger partial charge in [-0.15, -0.1) is 12.4 Å². The summed E-state index contributed by atoms with van der Waals surface area (Å²) < 4.78 is 0. The van der Waals surface area contributed by atoms with E-state index in [4.69, 9.17) is 4.98 Å². The fourth-order valence-corrected chi connectivity index (χ4v) is 3.70. The molecule has 1 unspecified atom stereocenters. The van der Waals surface area contributed by atoms with Crippen LogP contribution in [0.25, 0.3) is 22.6 Å². The summed E-state index contributed by atoms with van der Waals surface area (Å²) in [6, 6.07) is 18.1. The summed E-state index contributed by atoms with van der Waals surface area (Å²) in [6.07, 6.45) is 3.17. The molecule has 4 rings (SSSR count). The molecule has 1 aromatic heterocycles. The normalized spacial score (nSPS) is 16.1. The van der Waals surface area contributed by atoms with Crippen molar-refractivity contribution >= 4 is 35.0 Å². The van der Waals surface area contributed by atoms with Gasteiger partial charge in [0.05, 0.1) is 5.52 Å². The number of phenolic OH excluding ortho intramolecular Hbond substituents is 1. The molecule has 0 fully saturated rings. The van der Waals surface area contributed by atoms with E-state index in [1.165, 1.54) is 16.5 Å². The average Bonchev–Trinajstić information content (AvgIpc) is 2.59. The summed E-state index contributed by atoms with van der Waals surface area (Å²) >= 11 is 0. The van der Waals surface area contributed by atoms with Gasteiger partial charge in [-0.3, -0.25) is 4.98 Å². The van der Waals surface area contributed by atoms with E-state index in [2.05, 4.69) is 49.3 Å². The fraction of sp³-hybridized carbons (Fsp3) is 0.227. The van der Waals surface area contributed by atoms with Gasteiger partial charge in [-0.05, 0) is 67.6 Å². The largest absolute Gasteiger partial charge is 0.508 e. The molecular weight excluding hydrogens is 344 g/mol. The first-order valence-electron chi connectivity index (χ1n) is 8.64. The number of aromatic nitrogens is 1. The highest BCUT2D eigenvalue weighted by Gasteiger charge is 2.24. The molecule has 0 saturated carbocycles. The number of rotatable bonds is 3. The quantitative estimate of drug-likeness (QED) is 0.733. The zero-order chi connectivity index (χ0) is 17.4. The molecule has 134 valence electrons. The Kier molecular flexibility index (Phi) is 5.30. The van der Waals surface area contributed by atoms with Crippen LogP contribution in [0.15, 0.2) is 54.6 Å². The minimum atomic E-state index is 0. The topological polar surface area (TPSA) is 36.4 Å². The van der Waals surface area contributed by atoms with E-state index in [-0.39, 0.29) is 12.4 Å². The maximum atomic E-state index is 9.90. The van der Waals surface area contributed by atoms with Crippen LogP contribution in [0.1, 0.15) is 16.8 Å². The van der Waals surface area contributed by atoms with Crippen LogP contribution in [0.3, 0.4) is 0 Å². The highest BCUT2D eigenvalue weighted by atomic mass is 35.5. The summed E-state index contributed by atoms with van der Waals surface area (Å²) in [5, 5.41) is 11.1. The fourth-order valence-electron chi connectivity index (χ4n) is 3.70. The van der Waals surface area contributed by atoms with Crippen LogP contribution in [0, 0.1) is 5.92 Å². The third-order valence-electron chi connectivity index (χ3n) is 4.79. The van der Waals surface area contributed by atoms with Gasteiger partial charge in [0.25, 0.3) is 0 Å². The molecule has 4 heteroatoms. The Balaban J connectivity index is 0.00000196. The summed E-state index contributed by atoms with van der Waals surface area (Å²) in [7, 11) is 4.20. The molecule has 0 spiro atoms. The molecule has 1 aliphatic carbocycles. The van der Waals surface area contributed by atoms with Crippen LogP contribution < -0.4 is 0 Å². The lowest BCUT2D eigenvalue weighted by molar-refractivity contribution is 0.361. The monoisotopic (exact) mass is 366 g/mol. The molecule has 26 heavy (non-hydrogen) atoms. The van der Waals surface area contributed by atoms with Gasteiger partial charge >= 0.3 is 0 Å². The van der Waals surface area contributed by atoms with Crippen LogP contribution in [-0.4, -0.2) is 35.6 Å². The number of hydrogen-bond donors (Lipinski definition) is 1. The van der Waals surface area contributed by atoms with Crippen LogP contribution in [0.2, 0.25) is 0 Å². The zero-order valence-electron chi connectivity index (χ0n) is 15.0. The van der Waals surface area contributed by atoms with E-state index in [0.717, 1.165) is 29.7 Å². The Morgan fingerprint density at radius 2 is 1.88 bits per heavy atom. The molecule has 0 bridgehead atoms. The van der Waals surface area contributed by atoms with Crippen molar-refractivity contribution in [1.82, 2.24) is 9.88 Å². The molecule has 3 nitrogen and oxygen atoms in total. The number of phenols is 1. The van der Waals surface area contributed by atoms with Gasteiger partial charge in [-0.1, -0.05) is 30.3 Å². The standard InChI is InChI=1S/C22H22N2O.ClH/c1-24(2)14-18-13-22-17(10-16-6-3-4-9-21(16)23-22)12-20(18)15-7-5-8-19(25)11-15;/h3-12,18,25H,13-14H2,1-2H3;1H. The number of halogens is 1. The molecule has 3 aromatic rings. The van der Waals surface area contributed by atoms with Crippen LogP contribution in [0.5, 0.6) is 5.75 Å². The second-order valence-electron chi connectivity index (χ2n) is 7.03. The molecular formula is C22H23ClN2O. The number of aromatic hydroxyl groups is 1. The Morgan fingerprint density at radius 3 is 2.65 bits per heavy atom. The summed E-state index contributed by atoms with van der Waals surface area (Å²) in [5.41, 5.74) is 5.76. The van der Waals surface area contributed by atoms with Gasteiger partial charge in [0.15, 0.2) is 0 Å². The Labute approximate surface area is 160 Å². The van der Waals surface area contributed by atoms with Gasteiger partial charge in [-0.2, -0.15) is 0 Å². The lowest BCUT2D eigenvalue weighted by atomic mass is 9.81. The van der Waals surface area contributed by atoms with Crippen molar-refractivity contribution in [1.29, 1.82) is 0 Å². The zero-order valence-corrected chi connectivity index (χ0v) is 15.8. The van der Waals surface area contributed by atoms with E-state index < -0.39 is 0 Å². The molecule has 0 amide bonds. The summed E-state index contributed by atoms with van der Waals surface area (Å²) in [6.45, 7) is 0.954. The Bertz CT molecular complexity index is 965. The van der Waals surface area contributed by atoms with Crippen LogP contribution in [-0.2, 0) is 6.42 Å². The van der Waals surface area contributed by atoms with Gasteiger partial charge in [-0.25, -0.2) is 0 Å². The summed E-state index contributed by atoms with van der Waals surface area (Å²) in [4.78, 5) is 7.12. The van der Waals surface area contributed by atoms with E-state index in [0.29, 0.717) is 11.7 Å². The molecule has 0 aliphatic heterocycles. The molecule has 1 atom stereocenters. The third-order valence-corrected chi connectivity index (χ3v) is 4.79. The van der Waals surface area contributed by atoms with Crippen molar-refractivity contribution in [2.24, 2.45) is 5.92 Å². The van der Waals surface area contributed by atoms with Crippen molar-refractivity contribution in [3.8, 4) is 5.75 Å². The Hall–Kier alpha value is -2.36. The maximum Gasteiger partial charge on any atom is 0.116 e. The molecule has 1 N–H and O–H groups in total. The highest BCUT2D eigenvalue weighted by Crippen LogP contribution is 2.36. The maximum absolute atomic E-state index is 9.90. The molecule has 1 aliphatic rings. The molecule has 0 radical (unpaired) electrons. The predicted octanol–water partition coefficient (Wildman–Crippen LogP) is 4.64. The Morgan fingerprint density at radius 1 is 1.08 bits per heavy atom. The smallest absolute Gasteiger partial charge is 0.116 e. The van der Waals surface area contributed by atoms with E-state index in [9.17, 15) is 5.11 Å². The number of fused-ring (bicyclic) bond motifs is 2. The second kappa shape index (κ2) is 7.48. The first-order valence-corrected chi connectivity index (χ1v) is 8.64. The van der Waals surface area contributed by atoms with Crippen molar-refractivity contribution in [3.05, 3.63) is 71.4 Å². The SMILES string of the molecule is CN(C)CC1Cc2nc3ccccc3cc2C=C1c1cccc(O)c1.Cl. The number of nitrogens with zero attached hydrogens (tertiary/aromatic N) is 2. The van der Waals surface area contributed by atoms with E-state index in [1.807, 2.05) is 24.3 Å². The summed E-state index contributed by atoms with van der Waals surface area (Å²) in [5.74, 6) is 0.669. The van der Waals surface area contributed by atoms with Gasteiger partial charge in [0, 0.05) is 23.5 Å². The molecule has 1 heterocycles. The second-order valence-corrected chi connectivity index (χ2v) is 7.03. The molecule has 0 saturated heterocycles. The first-order chi connectivity index (χ1) is 12.1. The van der Waals surface area contributed by atoms with E-state index in [1.54, 1.807) is 6.07 Å². The van der Waals surface area contributed by atoms with Crippen molar-refractivity contribution in [2.45, 2.75) is 6.42 Å². The lowest BCUT2D eigenvalue weighted by Crippen LogP contribution is -2.26. The predicted molar refractivity (Wildman–Crippen MR) is 111 cm³/mol. The number of pyridine rings is 1. The van der Waals surface area contributed by atoms with Crippen LogP contribution >= 0.6 is 12.4 Å². The lowest BCUT2D eigenvalue weighted by Gasteiger charge is -2.28. The number of benzene rings is 2. The van der Waals surface area contributed by atoms with Gasteiger partial charge in [0.2, 0.25) is 0 Å². The highest BCUT2D eigenvalue weighted by molar-refractivity contribution is 5.89. The first kappa shape index (κ1) is 18.4. The minimum absolute atomic E-state index is 0. The average molecular weight is 367 g/mol. The third kappa shape index (κ3) is 3.59. The minimum Gasteiger partial charge on any atom is -0.508 e. The van der Waals surface area contributed by atoms with Crippen molar-refractivity contribution in [3.63, 3.8) is 0 Å². The molecule has 2 aromatic carbocycles. The van der Waals surface area contributed by atoms with Gasteiger partial charge < -0.3 is 10.0 Å². The number of para-hydroxylation sites is 1. The van der Waals surface area contributed by atoms with E-state index >= 15 is 0 Å². The van der Waals surface area contributed by atoms with Crippen molar-refractivity contribution < 1.29 is 5.11 Å². The van der Waals surface area contributed by atoms with Gasteiger partial charge in [0.1, 0.15) is 5.75 Å².